The summed E-state index contributed by atoms with van der Waals surface area (Å²) < 4.78 is 51.0. The first-order chi connectivity index (χ1) is 8.39. The van der Waals surface area contributed by atoms with Gasteiger partial charge in [0.1, 0.15) is 0 Å². The Morgan fingerprint density at radius 1 is 1.44 bits per heavy atom. The first-order valence-electron chi connectivity index (χ1n) is 5.64. The number of nitrogens with one attached hydrogen (secondary N) is 1. The number of nitrogens with zero attached hydrogens (tertiary/aromatic N) is 2. The van der Waals surface area contributed by atoms with Crippen molar-refractivity contribution in [1.29, 1.82) is 0 Å². The molecule has 0 amide bonds. The van der Waals surface area contributed by atoms with Crippen molar-refractivity contribution in [2.45, 2.75) is 38.8 Å². The van der Waals surface area contributed by atoms with Crippen LogP contribution in [0, 0.1) is 0 Å². The van der Waals surface area contributed by atoms with Gasteiger partial charge in [0.25, 0.3) is 0 Å². The number of alkyl halides is 2. The maximum absolute atomic E-state index is 11.9. The molecule has 0 radical (unpaired) electrons. The molecular weight excluding hydrogens is 264 g/mol. The summed E-state index contributed by atoms with van der Waals surface area (Å²) in [5.41, 5.74) is 0. The lowest BCUT2D eigenvalue weighted by molar-refractivity contribution is 0.137. The van der Waals surface area contributed by atoms with Gasteiger partial charge in [0.05, 0.1) is 12.3 Å². The second kappa shape index (κ2) is 6.79. The molecule has 0 aromatic carbocycles. The Labute approximate surface area is 105 Å². The summed E-state index contributed by atoms with van der Waals surface area (Å²) in [4.78, 5) is 0. The number of halogens is 2. The maximum atomic E-state index is 11.9. The molecule has 1 aromatic heterocycles. The van der Waals surface area contributed by atoms with E-state index in [1.165, 1.54) is 0 Å². The quantitative estimate of drug-likeness (QED) is 0.779. The lowest BCUT2D eigenvalue weighted by Crippen LogP contribution is -2.37. The van der Waals surface area contributed by atoms with Crippen LogP contribution in [-0.2, 0) is 16.6 Å². The molecule has 1 aromatic rings. The number of rotatable bonds is 8. The lowest BCUT2D eigenvalue weighted by atomic mass is 10.4. The van der Waals surface area contributed by atoms with Crippen molar-refractivity contribution in [1.82, 2.24) is 14.5 Å². The smallest absolute Gasteiger partial charge is 0.238 e. The van der Waals surface area contributed by atoms with E-state index < -0.39 is 22.9 Å². The predicted molar refractivity (Wildman–Crippen MR) is 63.8 cm³/mol. The summed E-state index contributed by atoms with van der Waals surface area (Å²) in [6.07, 6.45) is 0.434. The topological polar surface area (TPSA) is 64.0 Å². The monoisotopic (exact) mass is 281 g/mol. The van der Waals surface area contributed by atoms with E-state index in [-0.39, 0.29) is 18.2 Å². The number of hydrogen-bond donors (Lipinski definition) is 1. The van der Waals surface area contributed by atoms with Gasteiger partial charge in [0.2, 0.25) is 16.4 Å². The average molecular weight is 281 g/mol. The van der Waals surface area contributed by atoms with Crippen LogP contribution >= 0.6 is 0 Å². The summed E-state index contributed by atoms with van der Waals surface area (Å²) in [5, 5.41) is 3.95. The van der Waals surface area contributed by atoms with Crippen molar-refractivity contribution in [3.63, 3.8) is 0 Å². The predicted octanol–water partition coefficient (Wildman–Crippen LogP) is 1.24. The molecule has 0 aliphatic carbocycles. The Morgan fingerprint density at radius 2 is 2.17 bits per heavy atom. The Balaban J connectivity index is 2.35. The van der Waals surface area contributed by atoms with Gasteiger partial charge in [-0.2, -0.15) is 5.10 Å². The first kappa shape index (κ1) is 15.0. The molecule has 0 saturated carbocycles. The highest BCUT2D eigenvalue weighted by Crippen LogP contribution is 2.05. The Hall–Kier alpha value is -1.02. The second-order valence-corrected chi connectivity index (χ2v) is 5.97. The molecule has 0 fully saturated rings. The SMILES string of the molecule is CC(Cn1cccn1)NS(=O)(=O)CCCC(F)F. The van der Waals surface area contributed by atoms with Gasteiger partial charge in [-0.3, -0.25) is 4.68 Å². The molecule has 104 valence electrons. The van der Waals surface area contributed by atoms with Crippen molar-refractivity contribution in [3.8, 4) is 0 Å². The fraction of sp³-hybridized carbons (Fsp3) is 0.700. The third-order valence-corrected chi connectivity index (χ3v) is 3.82. The van der Waals surface area contributed by atoms with E-state index in [9.17, 15) is 17.2 Å². The lowest BCUT2D eigenvalue weighted by Gasteiger charge is -2.14. The molecule has 1 heterocycles. The minimum atomic E-state index is -3.50. The van der Waals surface area contributed by atoms with Gasteiger partial charge in [-0.25, -0.2) is 21.9 Å². The molecule has 1 rings (SSSR count). The molecular formula is C10H17F2N3O2S. The van der Waals surface area contributed by atoms with Crippen molar-refractivity contribution in [2.75, 3.05) is 5.75 Å². The van der Waals surface area contributed by atoms with E-state index in [0.29, 0.717) is 6.54 Å². The largest absolute Gasteiger partial charge is 0.271 e. The Kier molecular flexibility index (Phi) is 5.67. The summed E-state index contributed by atoms with van der Waals surface area (Å²) in [6, 6.07) is 1.41. The summed E-state index contributed by atoms with van der Waals surface area (Å²) in [6.45, 7) is 2.10. The van der Waals surface area contributed by atoms with Gasteiger partial charge >= 0.3 is 0 Å². The summed E-state index contributed by atoms with van der Waals surface area (Å²) in [7, 11) is -3.50. The highest BCUT2D eigenvalue weighted by molar-refractivity contribution is 7.89. The zero-order valence-electron chi connectivity index (χ0n) is 10.1. The van der Waals surface area contributed by atoms with Gasteiger partial charge in [-0.05, 0) is 19.4 Å². The van der Waals surface area contributed by atoms with Crippen LogP contribution in [-0.4, -0.2) is 36.4 Å². The maximum Gasteiger partial charge on any atom is 0.238 e. The highest BCUT2D eigenvalue weighted by Gasteiger charge is 2.15. The minimum Gasteiger partial charge on any atom is -0.271 e. The van der Waals surface area contributed by atoms with Crippen LogP contribution in [0.5, 0.6) is 0 Å². The average Bonchev–Trinajstić information content (AvgIpc) is 2.67. The van der Waals surface area contributed by atoms with Gasteiger partial charge in [-0.15, -0.1) is 0 Å². The summed E-state index contributed by atoms with van der Waals surface area (Å²) >= 11 is 0. The third-order valence-electron chi connectivity index (χ3n) is 2.24. The van der Waals surface area contributed by atoms with E-state index in [0.717, 1.165) is 0 Å². The van der Waals surface area contributed by atoms with Crippen molar-refractivity contribution in [2.24, 2.45) is 0 Å². The van der Waals surface area contributed by atoms with Gasteiger partial charge in [0.15, 0.2) is 0 Å². The number of hydrogen-bond acceptors (Lipinski definition) is 3. The molecule has 0 aliphatic heterocycles. The molecule has 0 saturated heterocycles. The zero-order valence-corrected chi connectivity index (χ0v) is 10.9. The fourth-order valence-corrected chi connectivity index (χ4v) is 2.87. The van der Waals surface area contributed by atoms with Gasteiger partial charge in [0, 0.05) is 24.9 Å². The van der Waals surface area contributed by atoms with Crippen LogP contribution in [0.1, 0.15) is 19.8 Å². The fourth-order valence-electron chi connectivity index (χ4n) is 1.52. The highest BCUT2D eigenvalue weighted by atomic mass is 32.2. The normalized spacial score (nSPS) is 14.0. The molecule has 1 atom stereocenters. The zero-order chi connectivity index (χ0) is 13.6. The second-order valence-electron chi connectivity index (χ2n) is 4.10. The van der Waals surface area contributed by atoms with Gasteiger partial charge in [-0.1, -0.05) is 0 Å². The molecule has 1 N–H and O–H groups in total. The van der Waals surface area contributed by atoms with Gasteiger partial charge < -0.3 is 0 Å². The molecule has 0 bridgehead atoms. The molecule has 1 unspecified atom stereocenters. The molecule has 5 nitrogen and oxygen atoms in total. The standard InChI is InChI=1S/C10H17F2N3O2S/c1-9(8-15-6-3-5-13-15)14-18(16,17)7-2-4-10(11)12/h3,5-6,9-10,14H,2,4,7-8H2,1H3. The van der Waals surface area contributed by atoms with Crippen LogP contribution in [0.4, 0.5) is 8.78 Å². The Morgan fingerprint density at radius 3 is 2.72 bits per heavy atom. The van der Waals surface area contributed by atoms with E-state index >= 15 is 0 Å². The van der Waals surface area contributed by atoms with E-state index in [4.69, 9.17) is 0 Å². The van der Waals surface area contributed by atoms with E-state index in [1.807, 2.05) is 0 Å². The molecule has 0 aliphatic rings. The van der Waals surface area contributed by atoms with Crippen LogP contribution in [0.25, 0.3) is 0 Å². The van der Waals surface area contributed by atoms with Crippen LogP contribution < -0.4 is 4.72 Å². The number of aromatic nitrogens is 2. The van der Waals surface area contributed by atoms with Crippen LogP contribution in [0.3, 0.4) is 0 Å². The summed E-state index contributed by atoms with van der Waals surface area (Å²) in [5.74, 6) is -0.277. The molecule has 0 spiro atoms. The molecule has 8 heteroatoms. The van der Waals surface area contributed by atoms with Crippen molar-refractivity contribution < 1.29 is 17.2 Å². The van der Waals surface area contributed by atoms with Crippen LogP contribution in [0.2, 0.25) is 0 Å². The minimum absolute atomic E-state index is 0.0402. The number of sulfonamides is 1. The van der Waals surface area contributed by atoms with E-state index in [1.54, 1.807) is 30.1 Å². The first-order valence-corrected chi connectivity index (χ1v) is 7.30. The van der Waals surface area contributed by atoms with Crippen molar-refractivity contribution in [3.05, 3.63) is 18.5 Å². The van der Waals surface area contributed by atoms with Crippen molar-refractivity contribution >= 4 is 10.0 Å². The molecule has 18 heavy (non-hydrogen) atoms. The Bertz CT molecular complexity index is 434. The third kappa shape index (κ3) is 6.06. The van der Waals surface area contributed by atoms with Crippen LogP contribution in [0.15, 0.2) is 18.5 Å². The van der Waals surface area contributed by atoms with E-state index in [2.05, 4.69) is 9.82 Å².